The zero-order valence-corrected chi connectivity index (χ0v) is 12.4. The molecule has 0 spiro atoms. The molecule has 1 heterocycles. The molecule has 5 nitrogen and oxygen atoms in total. The van der Waals surface area contributed by atoms with Crippen LogP contribution in [0, 0.1) is 12.7 Å². The summed E-state index contributed by atoms with van der Waals surface area (Å²) in [6.07, 6.45) is 0. The van der Waals surface area contributed by atoms with Crippen LogP contribution in [-0.4, -0.2) is 47.9 Å². The molecule has 1 fully saturated rings. The van der Waals surface area contributed by atoms with Crippen LogP contribution in [0.2, 0.25) is 0 Å². The molecule has 0 bridgehead atoms. The number of aliphatic carboxylic acids is 1. The molecule has 110 valence electrons. The normalized spacial score (nSPS) is 20.8. The number of carbonyl (C=O) groups is 1. The molecule has 0 aromatic heterocycles. The Bertz CT molecular complexity index is 632. The molecule has 20 heavy (non-hydrogen) atoms. The van der Waals surface area contributed by atoms with Crippen molar-refractivity contribution in [2.24, 2.45) is 0 Å². The van der Waals surface area contributed by atoms with E-state index in [0.29, 0.717) is 11.3 Å². The highest BCUT2D eigenvalue weighted by Crippen LogP contribution is 2.25. The quantitative estimate of drug-likeness (QED) is 0.909. The first-order valence-electron chi connectivity index (χ1n) is 5.92. The van der Waals surface area contributed by atoms with Gasteiger partial charge in [0.1, 0.15) is 11.9 Å². The van der Waals surface area contributed by atoms with Crippen molar-refractivity contribution in [3.8, 4) is 0 Å². The van der Waals surface area contributed by atoms with Crippen LogP contribution in [0.15, 0.2) is 23.1 Å². The fourth-order valence-electron chi connectivity index (χ4n) is 1.94. The van der Waals surface area contributed by atoms with Gasteiger partial charge in [0.05, 0.1) is 4.90 Å². The van der Waals surface area contributed by atoms with Crippen molar-refractivity contribution in [1.29, 1.82) is 0 Å². The van der Waals surface area contributed by atoms with Crippen LogP contribution in [0.5, 0.6) is 0 Å². The van der Waals surface area contributed by atoms with Crippen LogP contribution in [0.25, 0.3) is 0 Å². The summed E-state index contributed by atoms with van der Waals surface area (Å²) in [7, 11) is -4.00. The second-order valence-electron chi connectivity index (χ2n) is 4.46. The molecule has 0 aliphatic carbocycles. The Kier molecular flexibility index (Phi) is 4.36. The lowest BCUT2D eigenvalue weighted by Gasteiger charge is -2.31. The Morgan fingerprint density at radius 2 is 2.20 bits per heavy atom. The number of carboxylic acids is 1. The number of carboxylic acid groups (broad SMARTS) is 1. The number of benzene rings is 1. The molecular formula is C12H14FNO4S2. The van der Waals surface area contributed by atoms with Crippen LogP contribution in [-0.2, 0) is 14.8 Å². The van der Waals surface area contributed by atoms with Gasteiger partial charge in [0, 0.05) is 18.1 Å². The van der Waals surface area contributed by atoms with E-state index < -0.39 is 27.9 Å². The van der Waals surface area contributed by atoms with E-state index in [0.717, 1.165) is 10.4 Å². The van der Waals surface area contributed by atoms with Gasteiger partial charge in [0.2, 0.25) is 10.0 Å². The van der Waals surface area contributed by atoms with E-state index in [2.05, 4.69) is 0 Å². The Labute approximate surface area is 120 Å². The van der Waals surface area contributed by atoms with Gasteiger partial charge in [-0.05, 0) is 24.6 Å². The third-order valence-corrected chi connectivity index (χ3v) is 6.04. The van der Waals surface area contributed by atoms with Crippen molar-refractivity contribution in [2.75, 3.05) is 18.1 Å². The van der Waals surface area contributed by atoms with E-state index in [-0.39, 0.29) is 17.2 Å². The minimum Gasteiger partial charge on any atom is -0.480 e. The monoisotopic (exact) mass is 319 g/mol. The van der Waals surface area contributed by atoms with E-state index in [1.165, 1.54) is 30.8 Å². The number of rotatable bonds is 3. The predicted octanol–water partition coefficient (Wildman–Crippen LogP) is 1.32. The average molecular weight is 319 g/mol. The Morgan fingerprint density at radius 1 is 1.50 bits per heavy atom. The molecule has 1 aromatic carbocycles. The Hall–Kier alpha value is -1.12. The number of nitrogens with zero attached hydrogens (tertiary/aromatic N) is 1. The Morgan fingerprint density at radius 3 is 2.80 bits per heavy atom. The van der Waals surface area contributed by atoms with Gasteiger partial charge in [-0.1, -0.05) is 6.07 Å². The summed E-state index contributed by atoms with van der Waals surface area (Å²) in [5.74, 6) is -1.09. The molecule has 2 rings (SSSR count). The summed E-state index contributed by atoms with van der Waals surface area (Å²) < 4.78 is 39.4. The summed E-state index contributed by atoms with van der Waals surface area (Å²) in [6.45, 7) is 1.64. The summed E-state index contributed by atoms with van der Waals surface area (Å²) >= 11 is 1.39. The maximum atomic E-state index is 13.5. The van der Waals surface area contributed by atoms with Gasteiger partial charge in [0.15, 0.2) is 0 Å². The smallest absolute Gasteiger partial charge is 0.322 e. The van der Waals surface area contributed by atoms with E-state index in [4.69, 9.17) is 5.11 Å². The number of halogens is 1. The van der Waals surface area contributed by atoms with Crippen LogP contribution >= 0.6 is 11.8 Å². The van der Waals surface area contributed by atoms with Gasteiger partial charge in [-0.25, -0.2) is 12.8 Å². The van der Waals surface area contributed by atoms with Crippen LogP contribution in [0.4, 0.5) is 4.39 Å². The highest BCUT2D eigenvalue weighted by molar-refractivity contribution is 7.99. The molecule has 8 heteroatoms. The minimum absolute atomic E-state index is 0.111. The first kappa shape index (κ1) is 15.3. The SMILES string of the molecule is Cc1ccc(S(=O)(=O)N2CCSCC2C(=O)O)cc1F. The lowest BCUT2D eigenvalue weighted by atomic mass is 10.2. The van der Waals surface area contributed by atoms with Crippen molar-refractivity contribution in [2.45, 2.75) is 17.9 Å². The van der Waals surface area contributed by atoms with Crippen molar-refractivity contribution in [1.82, 2.24) is 4.31 Å². The van der Waals surface area contributed by atoms with Crippen LogP contribution < -0.4 is 0 Å². The van der Waals surface area contributed by atoms with Crippen molar-refractivity contribution in [3.63, 3.8) is 0 Å². The van der Waals surface area contributed by atoms with Gasteiger partial charge in [0.25, 0.3) is 0 Å². The number of hydrogen-bond donors (Lipinski definition) is 1. The maximum Gasteiger partial charge on any atom is 0.322 e. The zero-order chi connectivity index (χ0) is 14.9. The van der Waals surface area contributed by atoms with Gasteiger partial charge >= 0.3 is 5.97 Å². The fraction of sp³-hybridized carbons (Fsp3) is 0.417. The highest BCUT2D eigenvalue weighted by Gasteiger charge is 2.38. The summed E-state index contributed by atoms with van der Waals surface area (Å²) in [5.41, 5.74) is 0.341. The standard InChI is InChI=1S/C12H14FNO4S2/c1-8-2-3-9(6-10(8)13)20(17,18)14-4-5-19-7-11(14)12(15)16/h2-3,6,11H,4-5,7H2,1H3,(H,15,16). The van der Waals surface area contributed by atoms with Gasteiger partial charge in [-0.3, -0.25) is 4.79 Å². The molecule has 0 amide bonds. The molecule has 1 unspecified atom stereocenters. The third-order valence-electron chi connectivity index (χ3n) is 3.11. The van der Waals surface area contributed by atoms with E-state index in [1.807, 2.05) is 0 Å². The molecule has 1 aliphatic heterocycles. The zero-order valence-electron chi connectivity index (χ0n) is 10.7. The van der Waals surface area contributed by atoms with E-state index in [1.54, 1.807) is 0 Å². The van der Waals surface area contributed by atoms with Gasteiger partial charge < -0.3 is 5.11 Å². The largest absolute Gasteiger partial charge is 0.480 e. The van der Waals surface area contributed by atoms with Gasteiger partial charge in [-0.15, -0.1) is 0 Å². The molecule has 0 saturated carbocycles. The number of sulfonamides is 1. The first-order chi connectivity index (χ1) is 9.34. The minimum atomic E-state index is -4.00. The summed E-state index contributed by atoms with van der Waals surface area (Å²) in [5, 5.41) is 9.12. The first-order valence-corrected chi connectivity index (χ1v) is 8.52. The number of aryl methyl sites for hydroxylation is 1. The van der Waals surface area contributed by atoms with Crippen molar-refractivity contribution < 1.29 is 22.7 Å². The maximum absolute atomic E-state index is 13.5. The lowest BCUT2D eigenvalue weighted by molar-refractivity contribution is -0.140. The van der Waals surface area contributed by atoms with Crippen molar-refractivity contribution >= 4 is 27.8 Å². The molecule has 1 aromatic rings. The Balaban J connectivity index is 2.42. The molecular weight excluding hydrogens is 305 g/mol. The highest BCUT2D eigenvalue weighted by atomic mass is 32.2. The third kappa shape index (κ3) is 2.82. The predicted molar refractivity (Wildman–Crippen MR) is 73.8 cm³/mol. The van der Waals surface area contributed by atoms with E-state index >= 15 is 0 Å². The average Bonchev–Trinajstić information content (AvgIpc) is 2.41. The second-order valence-corrected chi connectivity index (χ2v) is 7.50. The molecule has 1 atom stereocenters. The lowest BCUT2D eigenvalue weighted by Crippen LogP contribution is -2.50. The topological polar surface area (TPSA) is 74.7 Å². The molecule has 1 saturated heterocycles. The fourth-order valence-corrected chi connectivity index (χ4v) is 4.78. The number of hydrogen-bond acceptors (Lipinski definition) is 4. The summed E-state index contributed by atoms with van der Waals surface area (Å²) in [6, 6.07) is 2.50. The van der Waals surface area contributed by atoms with Crippen LogP contribution in [0.1, 0.15) is 5.56 Å². The molecule has 0 radical (unpaired) electrons. The van der Waals surface area contributed by atoms with Gasteiger partial charge in [-0.2, -0.15) is 16.1 Å². The number of thioether (sulfide) groups is 1. The van der Waals surface area contributed by atoms with Crippen molar-refractivity contribution in [3.05, 3.63) is 29.6 Å². The molecule has 1 N–H and O–H groups in total. The second kappa shape index (κ2) is 5.71. The molecule has 1 aliphatic rings. The van der Waals surface area contributed by atoms with E-state index in [9.17, 15) is 17.6 Å². The summed E-state index contributed by atoms with van der Waals surface area (Å²) in [4.78, 5) is 11.0. The van der Waals surface area contributed by atoms with Crippen LogP contribution in [0.3, 0.4) is 0 Å².